The maximum atomic E-state index is 14.0. The Morgan fingerprint density at radius 2 is 1.64 bits per heavy atom. The Morgan fingerprint density at radius 3 is 2.26 bits per heavy atom. The van der Waals surface area contributed by atoms with Crippen molar-refractivity contribution in [3.05, 3.63) is 95.0 Å². The minimum Gasteiger partial charge on any atom is -0.354 e. The normalized spacial score (nSPS) is 12.0. The number of para-hydroxylation sites is 1. The van der Waals surface area contributed by atoms with Gasteiger partial charge in [0.1, 0.15) is 12.6 Å². The zero-order valence-electron chi connectivity index (χ0n) is 22.6. The molecule has 0 saturated heterocycles. The monoisotopic (exact) mass is 569 g/mol. The molecule has 0 unspecified atom stereocenters. The number of benzene rings is 3. The predicted octanol–water partition coefficient (Wildman–Crippen LogP) is 5.57. The van der Waals surface area contributed by atoms with Gasteiger partial charge in [0.05, 0.1) is 10.6 Å². The van der Waals surface area contributed by atoms with E-state index in [0.717, 1.165) is 28.3 Å². The lowest BCUT2D eigenvalue weighted by Gasteiger charge is -2.33. The predicted molar refractivity (Wildman–Crippen MR) is 156 cm³/mol. The van der Waals surface area contributed by atoms with Crippen LogP contribution < -0.4 is 9.62 Å². The molecule has 0 saturated carbocycles. The van der Waals surface area contributed by atoms with Crippen LogP contribution in [0.15, 0.2) is 83.8 Å². The fraction of sp³-hybridized carbons (Fsp3) is 0.333. The summed E-state index contributed by atoms with van der Waals surface area (Å²) >= 11 is 5.99. The van der Waals surface area contributed by atoms with Crippen LogP contribution in [-0.2, 0) is 26.2 Å². The first-order valence-electron chi connectivity index (χ1n) is 13.1. The van der Waals surface area contributed by atoms with Crippen molar-refractivity contribution in [1.29, 1.82) is 0 Å². The topological polar surface area (TPSA) is 86.8 Å². The standard InChI is InChI=1S/C30H36ClN3O4S/c1-4-6-19-32-30(36)28(5-2)33(21-24-12-10-11-23(3)20-24)29(35)22-34(26-13-8-7-9-14-26)39(37,38)27-17-15-25(31)16-18-27/h7-18,20,28H,4-6,19,21-22H2,1-3H3,(H,32,36)/t28-/m1/s1. The number of nitrogens with one attached hydrogen (secondary N) is 1. The van der Waals surface area contributed by atoms with Gasteiger partial charge in [0.15, 0.2) is 0 Å². The number of anilines is 1. The molecule has 9 heteroatoms. The molecular formula is C30H36ClN3O4S. The van der Waals surface area contributed by atoms with E-state index in [1.54, 1.807) is 30.3 Å². The highest BCUT2D eigenvalue weighted by atomic mass is 35.5. The number of hydrogen-bond donors (Lipinski definition) is 1. The van der Waals surface area contributed by atoms with Crippen molar-refractivity contribution in [1.82, 2.24) is 10.2 Å². The van der Waals surface area contributed by atoms with E-state index in [2.05, 4.69) is 5.32 Å². The van der Waals surface area contributed by atoms with E-state index in [1.165, 1.54) is 29.2 Å². The molecule has 3 aromatic carbocycles. The highest BCUT2D eigenvalue weighted by Crippen LogP contribution is 2.25. The Balaban J connectivity index is 2.01. The number of carbonyl (C=O) groups excluding carboxylic acids is 2. The third-order valence-electron chi connectivity index (χ3n) is 6.38. The highest BCUT2D eigenvalue weighted by molar-refractivity contribution is 7.92. The molecule has 1 N–H and O–H groups in total. The quantitative estimate of drug-likeness (QED) is 0.273. The van der Waals surface area contributed by atoms with Gasteiger partial charge in [-0.1, -0.05) is 79.9 Å². The second-order valence-electron chi connectivity index (χ2n) is 9.38. The van der Waals surface area contributed by atoms with Crippen molar-refractivity contribution in [2.24, 2.45) is 0 Å². The zero-order chi connectivity index (χ0) is 28.4. The Kier molecular flexibility index (Phi) is 10.9. The van der Waals surface area contributed by atoms with E-state index < -0.39 is 28.5 Å². The van der Waals surface area contributed by atoms with Crippen molar-refractivity contribution in [3.63, 3.8) is 0 Å². The van der Waals surface area contributed by atoms with E-state index in [-0.39, 0.29) is 17.3 Å². The Labute approximate surface area is 236 Å². The number of carbonyl (C=O) groups is 2. The molecule has 0 heterocycles. The number of halogens is 1. The van der Waals surface area contributed by atoms with Gasteiger partial charge in [-0.25, -0.2) is 8.42 Å². The van der Waals surface area contributed by atoms with E-state index in [4.69, 9.17) is 11.6 Å². The Morgan fingerprint density at radius 1 is 0.949 bits per heavy atom. The number of amides is 2. The number of sulfonamides is 1. The largest absolute Gasteiger partial charge is 0.354 e. The molecule has 39 heavy (non-hydrogen) atoms. The Hall–Kier alpha value is -3.36. The molecule has 0 spiro atoms. The van der Waals surface area contributed by atoms with Crippen LogP contribution in [0.3, 0.4) is 0 Å². The molecule has 3 rings (SSSR count). The highest BCUT2D eigenvalue weighted by Gasteiger charge is 2.33. The number of hydrogen-bond acceptors (Lipinski definition) is 4. The minimum absolute atomic E-state index is 0.0122. The number of unbranched alkanes of at least 4 members (excludes halogenated alkanes) is 1. The average Bonchev–Trinajstić information content (AvgIpc) is 2.92. The van der Waals surface area contributed by atoms with Crippen LogP contribution in [0.4, 0.5) is 5.69 Å². The molecule has 0 bridgehead atoms. The van der Waals surface area contributed by atoms with Crippen LogP contribution in [0.25, 0.3) is 0 Å². The van der Waals surface area contributed by atoms with Crippen LogP contribution in [0.1, 0.15) is 44.2 Å². The van der Waals surface area contributed by atoms with Crippen molar-refractivity contribution in [3.8, 4) is 0 Å². The summed E-state index contributed by atoms with van der Waals surface area (Å²) in [5.74, 6) is -0.728. The van der Waals surface area contributed by atoms with Gasteiger partial charge in [-0.3, -0.25) is 13.9 Å². The van der Waals surface area contributed by atoms with Gasteiger partial charge in [0.2, 0.25) is 11.8 Å². The van der Waals surface area contributed by atoms with Gasteiger partial charge in [0.25, 0.3) is 10.0 Å². The van der Waals surface area contributed by atoms with E-state index in [9.17, 15) is 18.0 Å². The summed E-state index contributed by atoms with van der Waals surface area (Å²) in [5.41, 5.74) is 2.23. The lowest BCUT2D eigenvalue weighted by molar-refractivity contribution is -0.140. The Bertz CT molecular complexity index is 1350. The van der Waals surface area contributed by atoms with Gasteiger partial charge < -0.3 is 10.2 Å². The van der Waals surface area contributed by atoms with Crippen LogP contribution in [-0.4, -0.2) is 44.3 Å². The van der Waals surface area contributed by atoms with Gasteiger partial charge in [-0.15, -0.1) is 0 Å². The lowest BCUT2D eigenvalue weighted by Crippen LogP contribution is -2.52. The average molecular weight is 570 g/mol. The first-order chi connectivity index (χ1) is 18.7. The van der Waals surface area contributed by atoms with Crippen LogP contribution >= 0.6 is 11.6 Å². The smallest absolute Gasteiger partial charge is 0.264 e. The third-order valence-corrected chi connectivity index (χ3v) is 8.42. The fourth-order valence-electron chi connectivity index (χ4n) is 4.29. The molecule has 208 valence electrons. The molecular weight excluding hydrogens is 534 g/mol. The fourth-order valence-corrected chi connectivity index (χ4v) is 5.83. The molecule has 0 aromatic heterocycles. The van der Waals surface area contributed by atoms with Crippen LogP contribution in [0, 0.1) is 6.92 Å². The molecule has 0 aliphatic rings. The van der Waals surface area contributed by atoms with Gasteiger partial charge in [-0.2, -0.15) is 0 Å². The summed E-state index contributed by atoms with van der Waals surface area (Å²) in [4.78, 5) is 28.7. The maximum Gasteiger partial charge on any atom is 0.264 e. The van der Waals surface area contributed by atoms with Crippen molar-refractivity contribution in [2.45, 2.75) is 57.5 Å². The molecule has 7 nitrogen and oxygen atoms in total. The number of rotatable bonds is 13. The van der Waals surface area contributed by atoms with E-state index in [1.807, 2.05) is 45.0 Å². The summed E-state index contributed by atoms with van der Waals surface area (Å²) in [5, 5.41) is 3.34. The maximum absolute atomic E-state index is 14.0. The molecule has 2 amide bonds. The summed E-state index contributed by atoms with van der Waals surface area (Å²) in [6, 6.07) is 21.3. The first-order valence-corrected chi connectivity index (χ1v) is 14.9. The molecule has 0 radical (unpaired) electrons. The summed E-state index contributed by atoms with van der Waals surface area (Å²) in [6.45, 7) is 6.05. The van der Waals surface area contributed by atoms with Crippen LogP contribution in [0.5, 0.6) is 0 Å². The van der Waals surface area contributed by atoms with Crippen molar-refractivity contribution in [2.75, 3.05) is 17.4 Å². The van der Waals surface area contributed by atoms with Crippen molar-refractivity contribution >= 4 is 39.1 Å². The molecule has 0 aliphatic heterocycles. The summed E-state index contributed by atoms with van der Waals surface area (Å²) in [6.07, 6.45) is 2.14. The molecule has 0 aliphatic carbocycles. The third kappa shape index (κ3) is 8.07. The summed E-state index contributed by atoms with van der Waals surface area (Å²) in [7, 11) is -4.12. The van der Waals surface area contributed by atoms with Crippen molar-refractivity contribution < 1.29 is 18.0 Å². The zero-order valence-corrected chi connectivity index (χ0v) is 24.2. The minimum atomic E-state index is -4.12. The molecule has 3 aromatic rings. The van der Waals surface area contributed by atoms with E-state index in [0.29, 0.717) is 23.7 Å². The lowest BCUT2D eigenvalue weighted by atomic mass is 10.1. The molecule has 1 atom stereocenters. The second-order valence-corrected chi connectivity index (χ2v) is 11.7. The van der Waals surface area contributed by atoms with Crippen LogP contribution in [0.2, 0.25) is 5.02 Å². The number of nitrogens with zero attached hydrogens (tertiary/aromatic N) is 2. The van der Waals surface area contributed by atoms with Gasteiger partial charge >= 0.3 is 0 Å². The molecule has 0 fully saturated rings. The SMILES string of the molecule is CCCCNC(=O)[C@@H](CC)N(Cc1cccc(C)c1)C(=O)CN(c1ccccc1)S(=O)(=O)c1ccc(Cl)cc1. The summed E-state index contributed by atoms with van der Waals surface area (Å²) < 4.78 is 28.7. The van der Waals surface area contributed by atoms with Gasteiger partial charge in [-0.05, 0) is 61.7 Å². The van der Waals surface area contributed by atoms with Gasteiger partial charge in [0, 0.05) is 18.1 Å². The van der Waals surface area contributed by atoms with E-state index >= 15 is 0 Å². The first kappa shape index (κ1) is 30.2. The second kappa shape index (κ2) is 14.1. The number of aryl methyl sites for hydroxylation is 1.